The van der Waals surface area contributed by atoms with Crippen LogP contribution in [0.1, 0.15) is 37.8 Å². The highest BCUT2D eigenvalue weighted by atomic mass is 16.5. The van der Waals surface area contributed by atoms with Gasteiger partial charge in [0, 0.05) is 19.7 Å². The van der Waals surface area contributed by atoms with Gasteiger partial charge in [0.2, 0.25) is 0 Å². The molecule has 1 rings (SSSR count). The lowest BCUT2D eigenvalue weighted by atomic mass is 10.0. The maximum absolute atomic E-state index is 5.85. The topological polar surface area (TPSA) is 30.5 Å². The van der Waals surface area contributed by atoms with Gasteiger partial charge in [-0.2, -0.15) is 0 Å². The SMILES string of the molecule is COCC(C)NCCOc1cc(C(C)C)ccc1C. The summed E-state index contributed by atoms with van der Waals surface area (Å²) >= 11 is 0. The normalized spacial score (nSPS) is 12.7. The highest BCUT2D eigenvalue weighted by molar-refractivity contribution is 5.37. The Bertz CT molecular complexity index is 377. The third-order valence-corrected chi connectivity index (χ3v) is 3.15. The molecule has 0 aliphatic carbocycles. The minimum absolute atomic E-state index is 0.358. The van der Waals surface area contributed by atoms with Crippen LogP contribution in [-0.4, -0.2) is 32.9 Å². The fourth-order valence-corrected chi connectivity index (χ4v) is 1.91. The summed E-state index contributed by atoms with van der Waals surface area (Å²) in [5.74, 6) is 1.52. The molecule has 0 saturated carbocycles. The molecule has 1 aromatic carbocycles. The van der Waals surface area contributed by atoms with Crippen LogP contribution in [0.15, 0.2) is 18.2 Å². The third kappa shape index (κ3) is 5.62. The van der Waals surface area contributed by atoms with Gasteiger partial charge >= 0.3 is 0 Å². The molecule has 0 aliphatic rings. The van der Waals surface area contributed by atoms with Crippen molar-refractivity contribution >= 4 is 0 Å². The molecule has 1 N–H and O–H groups in total. The fourth-order valence-electron chi connectivity index (χ4n) is 1.91. The number of rotatable bonds is 8. The number of nitrogens with one attached hydrogen (secondary N) is 1. The van der Waals surface area contributed by atoms with Crippen molar-refractivity contribution < 1.29 is 9.47 Å². The van der Waals surface area contributed by atoms with E-state index in [1.165, 1.54) is 11.1 Å². The molecule has 3 nitrogen and oxygen atoms in total. The molecule has 0 radical (unpaired) electrons. The summed E-state index contributed by atoms with van der Waals surface area (Å²) in [7, 11) is 1.72. The van der Waals surface area contributed by atoms with E-state index < -0.39 is 0 Å². The van der Waals surface area contributed by atoms with Gasteiger partial charge in [-0.15, -0.1) is 0 Å². The summed E-state index contributed by atoms with van der Waals surface area (Å²) in [6, 6.07) is 6.81. The predicted molar refractivity (Wildman–Crippen MR) is 80.1 cm³/mol. The molecule has 0 bridgehead atoms. The zero-order valence-electron chi connectivity index (χ0n) is 12.8. The van der Waals surface area contributed by atoms with E-state index in [0.29, 0.717) is 18.6 Å². The van der Waals surface area contributed by atoms with Gasteiger partial charge in [-0.3, -0.25) is 0 Å². The molecule has 108 valence electrons. The van der Waals surface area contributed by atoms with Gasteiger partial charge < -0.3 is 14.8 Å². The Morgan fingerprint density at radius 2 is 1.95 bits per heavy atom. The van der Waals surface area contributed by atoms with Crippen molar-refractivity contribution in [1.29, 1.82) is 0 Å². The van der Waals surface area contributed by atoms with Gasteiger partial charge in [-0.25, -0.2) is 0 Å². The van der Waals surface area contributed by atoms with E-state index in [4.69, 9.17) is 9.47 Å². The smallest absolute Gasteiger partial charge is 0.122 e. The summed E-state index contributed by atoms with van der Waals surface area (Å²) in [6.07, 6.45) is 0. The first-order valence-electron chi connectivity index (χ1n) is 7.00. The third-order valence-electron chi connectivity index (χ3n) is 3.15. The monoisotopic (exact) mass is 265 g/mol. The molecule has 1 unspecified atom stereocenters. The first-order valence-corrected chi connectivity index (χ1v) is 7.00. The summed E-state index contributed by atoms with van der Waals surface area (Å²) in [5.41, 5.74) is 2.51. The Balaban J connectivity index is 2.42. The number of aryl methyl sites for hydroxylation is 1. The highest BCUT2D eigenvalue weighted by Crippen LogP contribution is 2.24. The molecular formula is C16H27NO2. The van der Waals surface area contributed by atoms with Crippen molar-refractivity contribution in [2.24, 2.45) is 0 Å². The Labute approximate surface area is 117 Å². The van der Waals surface area contributed by atoms with Gasteiger partial charge in [0.15, 0.2) is 0 Å². The lowest BCUT2D eigenvalue weighted by Gasteiger charge is -2.15. The van der Waals surface area contributed by atoms with Crippen molar-refractivity contribution in [2.75, 3.05) is 26.9 Å². The Morgan fingerprint density at radius 3 is 2.58 bits per heavy atom. The van der Waals surface area contributed by atoms with Crippen LogP contribution in [0.4, 0.5) is 0 Å². The van der Waals surface area contributed by atoms with Gasteiger partial charge in [0.05, 0.1) is 6.61 Å². The summed E-state index contributed by atoms with van der Waals surface area (Å²) in [6.45, 7) is 10.8. The molecule has 1 atom stereocenters. The first-order chi connectivity index (χ1) is 9.04. The van der Waals surface area contributed by atoms with E-state index in [2.05, 4.69) is 51.2 Å². The molecule has 1 aromatic rings. The molecule has 0 fully saturated rings. The zero-order chi connectivity index (χ0) is 14.3. The van der Waals surface area contributed by atoms with E-state index in [0.717, 1.165) is 18.9 Å². The second kappa shape index (κ2) is 8.18. The highest BCUT2D eigenvalue weighted by Gasteiger charge is 2.05. The lowest BCUT2D eigenvalue weighted by Crippen LogP contribution is -2.33. The number of hydrogen-bond donors (Lipinski definition) is 1. The average molecular weight is 265 g/mol. The van der Waals surface area contributed by atoms with Crippen molar-refractivity contribution in [1.82, 2.24) is 5.32 Å². The predicted octanol–water partition coefficient (Wildman–Crippen LogP) is 3.12. The number of ether oxygens (including phenoxy) is 2. The van der Waals surface area contributed by atoms with Gasteiger partial charge in [-0.1, -0.05) is 26.0 Å². The minimum Gasteiger partial charge on any atom is -0.492 e. The van der Waals surface area contributed by atoms with E-state index in [-0.39, 0.29) is 0 Å². The lowest BCUT2D eigenvalue weighted by molar-refractivity contribution is 0.169. The Kier molecular flexibility index (Phi) is 6.89. The number of methoxy groups -OCH3 is 1. The van der Waals surface area contributed by atoms with Crippen LogP contribution >= 0.6 is 0 Å². The molecule has 0 saturated heterocycles. The minimum atomic E-state index is 0.358. The molecule has 3 heteroatoms. The van der Waals surface area contributed by atoms with Crippen LogP contribution in [0, 0.1) is 6.92 Å². The van der Waals surface area contributed by atoms with Gasteiger partial charge in [-0.05, 0) is 37.0 Å². The van der Waals surface area contributed by atoms with Crippen LogP contribution in [0.25, 0.3) is 0 Å². The molecule has 0 aromatic heterocycles. The molecule has 0 aliphatic heterocycles. The summed E-state index contributed by atoms with van der Waals surface area (Å²) in [5, 5.41) is 3.36. The maximum atomic E-state index is 5.85. The quantitative estimate of drug-likeness (QED) is 0.733. The molecular weight excluding hydrogens is 238 g/mol. The maximum Gasteiger partial charge on any atom is 0.122 e. The standard InChI is InChI=1S/C16H27NO2/c1-12(2)15-7-6-13(3)16(10-15)19-9-8-17-14(4)11-18-5/h6-7,10,12,14,17H,8-9,11H2,1-5H3. The molecule has 0 amide bonds. The van der Waals surface area contributed by atoms with Crippen LogP contribution < -0.4 is 10.1 Å². The second-order valence-electron chi connectivity index (χ2n) is 5.34. The first kappa shape index (κ1) is 16.0. The van der Waals surface area contributed by atoms with Gasteiger partial charge in [0.1, 0.15) is 12.4 Å². The van der Waals surface area contributed by atoms with Crippen LogP contribution in [0.5, 0.6) is 5.75 Å². The van der Waals surface area contributed by atoms with E-state index in [1.807, 2.05) is 0 Å². The number of benzene rings is 1. The van der Waals surface area contributed by atoms with Gasteiger partial charge in [0.25, 0.3) is 0 Å². The van der Waals surface area contributed by atoms with Crippen molar-refractivity contribution in [3.8, 4) is 5.75 Å². The number of hydrogen-bond acceptors (Lipinski definition) is 3. The van der Waals surface area contributed by atoms with Crippen LogP contribution in [-0.2, 0) is 4.74 Å². The van der Waals surface area contributed by atoms with Crippen LogP contribution in [0.2, 0.25) is 0 Å². The second-order valence-corrected chi connectivity index (χ2v) is 5.34. The largest absolute Gasteiger partial charge is 0.492 e. The van der Waals surface area contributed by atoms with Crippen molar-refractivity contribution in [2.45, 2.75) is 39.7 Å². The van der Waals surface area contributed by atoms with E-state index >= 15 is 0 Å². The summed E-state index contributed by atoms with van der Waals surface area (Å²) in [4.78, 5) is 0. The zero-order valence-corrected chi connectivity index (χ0v) is 12.8. The van der Waals surface area contributed by atoms with E-state index in [1.54, 1.807) is 7.11 Å². The molecule has 0 spiro atoms. The van der Waals surface area contributed by atoms with Crippen molar-refractivity contribution in [3.63, 3.8) is 0 Å². The van der Waals surface area contributed by atoms with Crippen molar-refractivity contribution in [3.05, 3.63) is 29.3 Å². The molecule has 0 heterocycles. The average Bonchev–Trinajstić information content (AvgIpc) is 2.36. The fraction of sp³-hybridized carbons (Fsp3) is 0.625. The Hall–Kier alpha value is -1.06. The van der Waals surface area contributed by atoms with E-state index in [9.17, 15) is 0 Å². The Morgan fingerprint density at radius 1 is 1.21 bits per heavy atom. The summed E-state index contributed by atoms with van der Waals surface area (Å²) < 4.78 is 10.9. The van der Waals surface area contributed by atoms with Crippen LogP contribution in [0.3, 0.4) is 0 Å². The molecule has 19 heavy (non-hydrogen) atoms.